The fourth-order valence-corrected chi connectivity index (χ4v) is 2.64. The highest BCUT2D eigenvalue weighted by Crippen LogP contribution is 2.27. The first-order chi connectivity index (χ1) is 9.54. The Balaban J connectivity index is 2.28. The molecule has 0 aliphatic carbocycles. The van der Waals surface area contributed by atoms with Crippen molar-refractivity contribution in [3.8, 4) is 0 Å². The summed E-state index contributed by atoms with van der Waals surface area (Å²) in [5.74, 6) is -0.0257. The third kappa shape index (κ3) is 3.26. The van der Waals surface area contributed by atoms with Gasteiger partial charge in [0.25, 0.3) is 0 Å². The minimum atomic E-state index is -0.565. The Labute approximate surface area is 123 Å². The minimum absolute atomic E-state index is 0.0257. The summed E-state index contributed by atoms with van der Waals surface area (Å²) in [4.78, 5) is 13.5. The molecule has 1 heterocycles. The standard InChI is InChI=1S/C16H20N2OS/c1-16(2,11-17)15(19)18-14(13-9-6-10-20-13)12-7-4-3-5-8-12/h3-10,14H,11,17H2,1-2H3,(H,18,19). The zero-order valence-electron chi connectivity index (χ0n) is 11.8. The average molecular weight is 288 g/mol. The van der Waals surface area contributed by atoms with Gasteiger partial charge in [0.2, 0.25) is 5.91 Å². The summed E-state index contributed by atoms with van der Waals surface area (Å²) in [7, 11) is 0. The Morgan fingerprint density at radius 1 is 1.25 bits per heavy atom. The molecule has 3 nitrogen and oxygen atoms in total. The molecule has 20 heavy (non-hydrogen) atoms. The van der Waals surface area contributed by atoms with Gasteiger partial charge in [-0.15, -0.1) is 11.3 Å². The van der Waals surface area contributed by atoms with E-state index in [1.807, 2.05) is 61.7 Å². The highest BCUT2D eigenvalue weighted by Gasteiger charge is 2.29. The summed E-state index contributed by atoms with van der Waals surface area (Å²) < 4.78 is 0. The molecule has 0 aliphatic rings. The fraction of sp³-hybridized carbons (Fsp3) is 0.312. The van der Waals surface area contributed by atoms with Crippen molar-refractivity contribution in [2.75, 3.05) is 6.54 Å². The monoisotopic (exact) mass is 288 g/mol. The van der Waals surface area contributed by atoms with Crippen molar-refractivity contribution < 1.29 is 4.79 Å². The van der Waals surface area contributed by atoms with Crippen molar-refractivity contribution in [3.05, 3.63) is 58.3 Å². The van der Waals surface area contributed by atoms with Crippen LogP contribution in [0.2, 0.25) is 0 Å². The van der Waals surface area contributed by atoms with E-state index in [1.54, 1.807) is 11.3 Å². The van der Waals surface area contributed by atoms with Crippen LogP contribution in [0.4, 0.5) is 0 Å². The molecule has 1 amide bonds. The van der Waals surface area contributed by atoms with Crippen LogP contribution in [0.1, 0.15) is 30.3 Å². The van der Waals surface area contributed by atoms with Gasteiger partial charge in [-0.1, -0.05) is 36.4 Å². The molecule has 0 fully saturated rings. The Bertz CT molecular complexity index is 549. The lowest BCUT2D eigenvalue weighted by atomic mass is 9.91. The lowest BCUT2D eigenvalue weighted by molar-refractivity contribution is -0.129. The van der Waals surface area contributed by atoms with Crippen molar-refractivity contribution in [2.24, 2.45) is 11.1 Å². The van der Waals surface area contributed by atoms with Gasteiger partial charge in [-0.3, -0.25) is 4.79 Å². The van der Waals surface area contributed by atoms with Gasteiger partial charge in [0.15, 0.2) is 0 Å². The zero-order chi connectivity index (χ0) is 14.6. The van der Waals surface area contributed by atoms with Crippen LogP contribution in [0, 0.1) is 5.41 Å². The van der Waals surface area contributed by atoms with Crippen molar-refractivity contribution in [1.29, 1.82) is 0 Å². The maximum Gasteiger partial charge on any atom is 0.227 e. The smallest absolute Gasteiger partial charge is 0.227 e. The molecule has 0 saturated carbocycles. The first-order valence-corrected chi connectivity index (χ1v) is 7.52. The summed E-state index contributed by atoms with van der Waals surface area (Å²) in [6.45, 7) is 4.04. The van der Waals surface area contributed by atoms with Crippen LogP contribution in [-0.2, 0) is 4.79 Å². The Morgan fingerprint density at radius 2 is 1.95 bits per heavy atom. The molecule has 1 atom stereocenters. The van der Waals surface area contributed by atoms with Gasteiger partial charge < -0.3 is 11.1 Å². The zero-order valence-corrected chi connectivity index (χ0v) is 12.6. The van der Waals surface area contributed by atoms with Gasteiger partial charge in [0, 0.05) is 11.4 Å². The molecule has 0 saturated heterocycles. The number of nitrogens with two attached hydrogens (primary N) is 1. The SMILES string of the molecule is CC(C)(CN)C(=O)NC(c1ccccc1)c1cccs1. The Kier molecular flexibility index (Phi) is 4.57. The van der Waals surface area contributed by atoms with E-state index in [9.17, 15) is 4.79 Å². The number of amides is 1. The third-order valence-electron chi connectivity index (χ3n) is 3.36. The van der Waals surface area contributed by atoms with Gasteiger partial charge in [-0.05, 0) is 30.9 Å². The second-order valence-corrected chi connectivity index (χ2v) is 6.40. The normalized spacial score (nSPS) is 12.9. The van der Waals surface area contributed by atoms with Gasteiger partial charge >= 0.3 is 0 Å². The second-order valence-electron chi connectivity index (χ2n) is 5.42. The van der Waals surface area contributed by atoms with E-state index in [-0.39, 0.29) is 11.9 Å². The van der Waals surface area contributed by atoms with Crippen molar-refractivity contribution in [2.45, 2.75) is 19.9 Å². The molecule has 0 radical (unpaired) electrons. The van der Waals surface area contributed by atoms with E-state index in [0.29, 0.717) is 6.54 Å². The molecule has 1 aromatic carbocycles. The number of nitrogens with one attached hydrogen (secondary N) is 1. The largest absolute Gasteiger partial charge is 0.344 e. The highest BCUT2D eigenvalue weighted by atomic mass is 32.1. The van der Waals surface area contributed by atoms with Gasteiger partial charge in [0.05, 0.1) is 11.5 Å². The summed E-state index contributed by atoms with van der Waals surface area (Å²) in [6.07, 6.45) is 0. The fourth-order valence-electron chi connectivity index (χ4n) is 1.84. The molecule has 4 heteroatoms. The number of carbonyl (C=O) groups excluding carboxylic acids is 1. The molecule has 1 unspecified atom stereocenters. The average Bonchev–Trinajstić information content (AvgIpc) is 2.99. The van der Waals surface area contributed by atoms with Crippen molar-refractivity contribution >= 4 is 17.2 Å². The Morgan fingerprint density at radius 3 is 2.50 bits per heavy atom. The van der Waals surface area contributed by atoms with Crippen LogP contribution in [0.15, 0.2) is 47.8 Å². The van der Waals surface area contributed by atoms with Crippen LogP contribution >= 0.6 is 11.3 Å². The molecular weight excluding hydrogens is 268 g/mol. The van der Waals surface area contributed by atoms with Gasteiger partial charge in [-0.25, -0.2) is 0 Å². The molecule has 3 N–H and O–H groups in total. The van der Waals surface area contributed by atoms with E-state index in [0.717, 1.165) is 10.4 Å². The van der Waals surface area contributed by atoms with Crippen LogP contribution in [0.5, 0.6) is 0 Å². The summed E-state index contributed by atoms with van der Waals surface area (Å²) in [6, 6.07) is 13.9. The molecule has 0 spiro atoms. The van der Waals surface area contributed by atoms with Crippen LogP contribution < -0.4 is 11.1 Å². The number of thiophene rings is 1. The predicted octanol–water partition coefficient (Wildman–Crippen LogP) is 2.94. The molecule has 2 rings (SSSR count). The quantitative estimate of drug-likeness (QED) is 0.888. The number of hydrogen-bond donors (Lipinski definition) is 2. The van der Waals surface area contributed by atoms with Gasteiger partial charge in [-0.2, -0.15) is 0 Å². The van der Waals surface area contributed by atoms with E-state index in [4.69, 9.17) is 5.73 Å². The minimum Gasteiger partial charge on any atom is -0.344 e. The van der Waals surface area contributed by atoms with Crippen LogP contribution in [0.3, 0.4) is 0 Å². The number of benzene rings is 1. The topological polar surface area (TPSA) is 55.1 Å². The van der Waals surface area contributed by atoms with Crippen molar-refractivity contribution in [1.82, 2.24) is 5.32 Å². The third-order valence-corrected chi connectivity index (χ3v) is 4.30. The van der Waals surface area contributed by atoms with E-state index in [2.05, 4.69) is 5.32 Å². The summed E-state index contributed by atoms with van der Waals surface area (Å²) in [5.41, 5.74) is 6.20. The van der Waals surface area contributed by atoms with E-state index >= 15 is 0 Å². The lowest BCUT2D eigenvalue weighted by Crippen LogP contribution is -2.43. The molecule has 2 aromatic rings. The number of hydrogen-bond acceptors (Lipinski definition) is 3. The van der Waals surface area contributed by atoms with E-state index in [1.165, 1.54) is 0 Å². The van der Waals surface area contributed by atoms with Crippen LogP contribution in [-0.4, -0.2) is 12.5 Å². The Hall–Kier alpha value is -1.65. The summed E-state index contributed by atoms with van der Waals surface area (Å²) in [5, 5.41) is 5.14. The molecule has 0 aliphatic heterocycles. The van der Waals surface area contributed by atoms with Crippen molar-refractivity contribution in [3.63, 3.8) is 0 Å². The first kappa shape index (κ1) is 14.8. The molecular formula is C16H20N2OS. The van der Waals surface area contributed by atoms with E-state index < -0.39 is 5.41 Å². The second kappa shape index (κ2) is 6.20. The number of carbonyl (C=O) groups is 1. The first-order valence-electron chi connectivity index (χ1n) is 6.64. The lowest BCUT2D eigenvalue weighted by Gasteiger charge is -2.26. The summed E-state index contributed by atoms with van der Waals surface area (Å²) >= 11 is 1.64. The van der Waals surface area contributed by atoms with Crippen LogP contribution in [0.25, 0.3) is 0 Å². The maximum absolute atomic E-state index is 12.4. The maximum atomic E-state index is 12.4. The number of rotatable bonds is 5. The predicted molar refractivity (Wildman–Crippen MR) is 83.6 cm³/mol. The highest BCUT2D eigenvalue weighted by molar-refractivity contribution is 7.10. The molecule has 1 aromatic heterocycles. The molecule has 0 bridgehead atoms. The van der Waals surface area contributed by atoms with Gasteiger partial charge in [0.1, 0.15) is 0 Å². The molecule has 106 valence electrons.